The van der Waals surface area contributed by atoms with Gasteiger partial charge in [-0.1, -0.05) is 0 Å². The number of methoxy groups -OCH3 is 2. The molecule has 2 rings (SSSR count). The largest absolute Gasteiger partial charge is 0.497 e. The van der Waals surface area contributed by atoms with Gasteiger partial charge in [-0.15, -0.1) is 11.3 Å². The van der Waals surface area contributed by atoms with E-state index in [-0.39, 0.29) is 5.56 Å². The van der Waals surface area contributed by atoms with Crippen molar-refractivity contribution in [2.45, 2.75) is 6.10 Å². The monoisotopic (exact) mass is 268 g/mol. The van der Waals surface area contributed by atoms with Crippen molar-refractivity contribution in [2.75, 3.05) is 14.2 Å². The molecule has 0 spiro atoms. The molecular formula is C13H13FO3S. The van der Waals surface area contributed by atoms with Gasteiger partial charge in [0.05, 0.1) is 19.1 Å². The van der Waals surface area contributed by atoms with Crippen molar-refractivity contribution in [3.05, 3.63) is 45.9 Å². The van der Waals surface area contributed by atoms with Crippen molar-refractivity contribution in [2.24, 2.45) is 0 Å². The van der Waals surface area contributed by atoms with Crippen LogP contribution in [0.5, 0.6) is 11.5 Å². The van der Waals surface area contributed by atoms with Crippen LogP contribution in [0.25, 0.3) is 0 Å². The lowest BCUT2D eigenvalue weighted by molar-refractivity contribution is 0.213. The van der Waals surface area contributed by atoms with E-state index in [1.54, 1.807) is 17.5 Å². The maximum Gasteiger partial charge on any atom is 0.135 e. The lowest BCUT2D eigenvalue weighted by atomic mass is 10.1. The first-order valence-corrected chi connectivity index (χ1v) is 6.18. The summed E-state index contributed by atoms with van der Waals surface area (Å²) in [6, 6.07) is 6.11. The second kappa shape index (κ2) is 5.37. The van der Waals surface area contributed by atoms with Crippen LogP contribution in [0.15, 0.2) is 29.6 Å². The van der Waals surface area contributed by atoms with Crippen LogP contribution in [-0.4, -0.2) is 19.3 Å². The molecule has 1 unspecified atom stereocenters. The molecule has 0 fully saturated rings. The number of rotatable bonds is 4. The first-order chi connectivity index (χ1) is 8.67. The molecule has 1 N–H and O–H groups in total. The summed E-state index contributed by atoms with van der Waals surface area (Å²) in [5, 5.41) is 12.0. The normalized spacial score (nSPS) is 12.2. The van der Waals surface area contributed by atoms with Crippen molar-refractivity contribution in [3.8, 4) is 11.5 Å². The SMILES string of the molecule is COc1ccc(C(O)c2sccc2OC)c(F)c1. The molecule has 0 aliphatic rings. The zero-order chi connectivity index (χ0) is 13.1. The second-order valence-corrected chi connectivity index (χ2v) is 4.59. The third-order valence-electron chi connectivity index (χ3n) is 2.63. The molecule has 0 saturated heterocycles. The zero-order valence-electron chi connectivity index (χ0n) is 10.0. The minimum absolute atomic E-state index is 0.205. The molecule has 0 aliphatic carbocycles. The number of hydrogen-bond donors (Lipinski definition) is 1. The highest BCUT2D eigenvalue weighted by Gasteiger charge is 2.20. The molecule has 5 heteroatoms. The van der Waals surface area contributed by atoms with Crippen LogP contribution < -0.4 is 9.47 Å². The van der Waals surface area contributed by atoms with E-state index in [0.717, 1.165) is 0 Å². The topological polar surface area (TPSA) is 38.7 Å². The van der Waals surface area contributed by atoms with Gasteiger partial charge in [-0.2, -0.15) is 0 Å². The van der Waals surface area contributed by atoms with E-state index in [1.165, 1.54) is 37.7 Å². The Bertz CT molecular complexity index is 539. The molecule has 0 amide bonds. The smallest absolute Gasteiger partial charge is 0.135 e. The van der Waals surface area contributed by atoms with Crippen LogP contribution in [0.3, 0.4) is 0 Å². The summed E-state index contributed by atoms with van der Waals surface area (Å²) in [4.78, 5) is 0.585. The second-order valence-electron chi connectivity index (χ2n) is 3.64. The molecule has 0 bridgehead atoms. The summed E-state index contributed by atoms with van der Waals surface area (Å²) in [6.07, 6.45) is -1.04. The number of hydrogen-bond acceptors (Lipinski definition) is 4. The molecule has 18 heavy (non-hydrogen) atoms. The molecule has 1 aromatic carbocycles. The molecule has 1 atom stereocenters. The number of aliphatic hydroxyl groups is 1. The van der Waals surface area contributed by atoms with Crippen LogP contribution in [0.1, 0.15) is 16.5 Å². The van der Waals surface area contributed by atoms with E-state index in [1.807, 2.05) is 0 Å². The standard InChI is InChI=1S/C13H13FO3S/c1-16-8-3-4-9(10(14)7-8)12(15)13-11(17-2)5-6-18-13/h3-7,12,15H,1-2H3. The van der Waals surface area contributed by atoms with E-state index in [9.17, 15) is 9.50 Å². The van der Waals surface area contributed by atoms with Gasteiger partial charge in [0.2, 0.25) is 0 Å². The van der Waals surface area contributed by atoms with E-state index in [2.05, 4.69) is 0 Å². The van der Waals surface area contributed by atoms with Gasteiger partial charge in [-0.3, -0.25) is 0 Å². The molecule has 0 saturated carbocycles. The quantitative estimate of drug-likeness (QED) is 0.926. The number of halogens is 1. The number of aliphatic hydroxyl groups excluding tert-OH is 1. The minimum Gasteiger partial charge on any atom is -0.497 e. The Labute approximate surface area is 108 Å². The number of ether oxygens (including phenoxy) is 2. The van der Waals surface area contributed by atoms with Crippen molar-refractivity contribution < 1.29 is 19.0 Å². The van der Waals surface area contributed by atoms with Gasteiger partial charge in [-0.25, -0.2) is 4.39 Å². The van der Waals surface area contributed by atoms with Gasteiger partial charge in [0.15, 0.2) is 0 Å². The third-order valence-corrected chi connectivity index (χ3v) is 3.58. The summed E-state index contributed by atoms with van der Waals surface area (Å²) in [6.45, 7) is 0. The summed E-state index contributed by atoms with van der Waals surface area (Å²) in [5.74, 6) is 0.474. The Morgan fingerprint density at radius 2 is 2.00 bits per heavy atom. The summed E-state index contributed by atoms with van der Waals surface area (Å²) < 4.78 is 23.9. The Kier molecular flexibility index (Phi) is 3.84. The van der Waals surface area contributed by atoms with Crippen molar-refractivity contribution in [3.63, 3.8) is 0 Å². The summed E-state index contributed by atoms with van der Waals surface area (Å²) in [7, 11) is 2.98. The van der Waals surface area contributed by atoms with E-state index in [0.29, 0.717) is 16.4 Å². The molecule has 1 heterocycles. The van der Waals surface area contributed by atoms with Crippen LogP contribution >= 0.6 is 11.3 Å². The average Bonchev–Trinajstić information content (AvgIpc) is 2.86. The average molecular weight is 268 g/mol. The summed E-state index contributed by atoms with van der Waals surface area (Å²) >= 11 is 1.32. The Hall–Kier alpha value is -1.59. The minimum atomic E-state index is -1.04. The van der Waals surface area contributed by atoms with Gasteiger partial charge in [-0.05, 0) is 23.6 Å². The fourth-order valence-electron chi connectivity index (χ4n) is 1.67. The fourth-order valence-corrected chi connectivity index (χ4v) is 2.54. The third kappa shape index (κ3) is 2.32. The van der Waals surface area contributed by atoms with Gasteiger partial charge < -0.3 is 14.6 Å². The number of benzene rings is 1. The highest BCUT2D eigenvalue weighted by atomic mass is 32.1. The fraction of sp³-hybridized carbons (Fsp3) is 0.231. The molecule has 3 nitrogen and oxygen atoms in total. The van der Waals surface area contributed by atoms with E-state index < -0.39 is 11.9 Å². The maximum atomic E-state index is 13.8. The van der Waals surface area contributed by atoms with Gasteiger partial charge in [0, 0.05) is 11.6 Å². The van der Waals surface area contributed by atoms with Gasteiger partial charge in [0.25, 0.3) is 0 Å². The van der Waals surface area contributed by atoms with Crippen molar-refractivity contribution >= 4 is 11.3 Å². The van der Waals surface area contributed by atoms with Crippen LogP contribution in [-0.2, 0) is 0 Å². The molecule has 1 aromatic heterocycles. The van der Waals surface area contributed by atoms with Crippen LogP contribution in [0.4, 0.5) is 4.39 Å². The molecule has 2 aromatic rings. The predicted octanol–water partition coefficient (Wildman–Crippen LogP) is 2.99. The molecule has 96 valence electrons. The number of thiophene rings is 1. The van der Waals surface area contributed by atoms with E-state index in [4.69, 9.17) is 9.47 Å². The molecule has 0 aliphatic heterocycles. The predicted molar refractivity (Wildman–Crippen MR) is 67.9 cm³/mol. The zero-order valence-corrected chi connectivity index (χ0v) is 10.8. The Morgan fingerprint density at radius 1 is 1.22 bits per heavy atom. The highest BCUT2D eigenvalue weighted by molar-refractivity contribution is 7.10. The molecular weight excluding hydrogens is 255 g/mol. The van der Waals surface area contributed by atoms with Crippen molar-refractivity contribution in [1.29, 1.82) is 0 Å². The van der Waals surface area contributed by atoms with Crippen molar-refractivity contribution in [1.82, 2.24) is 0 Å². The van der Waals surface area contributed by atoms with Crippen LogP contribution in [0, 0.1) is 5.82 Å². The lowest BCUT2D eigenvalue weighted by Crippen LogP contribution is -2.02. The Balaban J connectivity index is 2.37. The highest BCUT2D eigenvalue weighted by Crippen LogP contribution is 2.36. The Morgan fingerprint density at radius 3 is 2.61 bits per heavy atom. The van der Waals surface area contributed by atoms with Gasteiger partial charge in [0.1, 0.15) is 23.4 Å². The van der Waals surface area contributed by atoms with E-state index >= 15 is 0 Å². The van der Waals surface area contributed by atoms with Gasteiger partial charge >= 0.3 is 0 Å². The summed E-state index contributed by atoms with van der Waals surface area (Å²) in [5.41, 5.74) is 0.205. The maximum absolute atomic E-state index is 13.8. The lowest BCUT2D eigenvalue weighted by Gasteiger charge is -2.13. The van der Waals surface area contributed by atoms with Crippen LogP contribution in [0.2, 0.25) is 0 Å². The first-order valence-electron chi connectivity index (χ1n) is 5.30. The molecule has 0 radical (unpaired) electrons. The first kappa shape index (κ1) is 12.9.